The number of hydrogen-bond acceptors (Lipinski definition) is 3. The van der Waals surface area contributed by atoms with E-state index in [-0.39, 0.29) is 6.04 Å². The zero-order valence-electron chi connectivity index (χ0n) is 11.9. The highest BCUT2D eigenvalue weighted by Gasteiger charge is 2.10. The summed E-state index contributed by atoms with van der Waals surface area (Å²) in [5.74, 6) is 1.28. The van der Waals surface area contributed by atoms with Crippen LogP contribution >= 0.6 is 23.2 Å². The van der Waals surface area contributed by atoms with Crippen molar-refractivity contribution in [3.8, 4) is 11.5 Å². The van der Waals surface area contributed by atoms with Gasteiger partial charge in [0.1, 0.15) is 6.61 Å². The fraction of sp³-hybridized carbons (Fsp3) is 0.250. The Morgan fingerprint density at radius 3 is 2.57 bits per heavy atom. The highest BCUT2D eigenvalue weighted by molar-refractivity contribution is 6.42. The molecule has 0 saturated heterocycles. The van der Waals surface area contributed by atoms with Gasteiger partial charge >= 0.3 is 0 Å². The Morgan fingerprint density at radius 2 is 1.90 bits per heavy atom. The van der Waals surface area contributed by atoms with Crippen molar-refractivity contribution in [2.75, 3.05) is 7.11 Å². The van der Waals surface area contributed by atoms with Crippen molar-refractivity contribution in [3.05, 3.63) is 57.6 Å². The summed E-state index contributed by atoms with van der Waals surface area (Å²) in [6.07, 6.45) is 0. The average Bonchev–Trinajstić information content (AvgIpc) is 2.48. The molecule has 0 radical (unpaired) electrons. The molecule has 0 aliphatic rings. The van der Waals surface area contributed by atoms with Crippen LogP contribution in [0.1, 0.15) is 24.1 Å². The minimum Gasteiger partial charge on any atom is -0.493 e. The molecular weight excluding hydrogens is 309 g/mol. The number of halogens is 2. The van der Waals surface area contributed by atoms with E-state index in [1.165, 1.54) is 0 Å². The molecule has 5 heteroatoms. The molecule has 0 fully saturated rings. The van der Waals surface area contributed by atoms with Crippen LogP contribution in [-0.2, 0) is 6.61 Å². The summed E-state index contributed by atoms with van der Waals surface area (Å²) < 4.78 is 11.1. The van der Waals surface area contributed by atoms with E-state index >= 15 is 0 Å². The standard InChI is InChI=1S/C16H17Cl2NO2/c1-10(19)11-6-7-14(15(8-11)20-2)21-9-12-4-3-5-13(17)16(12)18/h3-8,10H,9,19H2,1-2H3/t10-/m1/s1. The predicted octanol–water partition coefficient (Wildman–Crippen LogP) is 4.60. The molecular formula is C16H17Cl2NO2. The second-order valence-corrected chi connectivity index (χ2v) is 5.49. The molecule has 1 atom stereocenters. The number of ether oxygens (including phenoxy) is 2. The van der Waals surface area contributed by atoms with E-state index in [0.717, 1.165) is 11.1 Å². The monoisotopic (exact) mass is 325 g/mol. The van der Waals surface area contributed by atoms with Gasteiger partial charge in [-0.25, -0.2) is 0 Å². The maximum atomic E-state index is 6.14. The van der Waals surface area contributed by atoms with Crippen LogP contribution in [0.2, 0.25) is 10.0 Å². The minimum atomic E-state index is -0.0599. The van der Waals surface area contributed by atoms with Crippen molar-refractivity contribution in [2.45, 2.75) is 19.6 Å². The van der Waals surface area contributed by atoms with Crippen LogP contribution in [0.15, 0.2) is 36.4 Å². The fourth-order valence-corrected chi connectivity index (χ4v) is 2.28. The first-order valence-corrected chi connectivity index (χ1v) is 7.27. The van der Waals surface area contributed by atoms with E-state index in [9.17, 15) is 0 Å². The van der Waals surface area contributed by atoms with E-state index in [1.807, 2.05) is 37.3 Å². The maximum Gasteiger partial charge on any atom is 0.161 e. The molecule has 2 rings (SSSR count). The fourth-order valence-electron chi connectivity index (χ4n) is 1.90. The van der Waals surface area contributed by atoms with Crippen LogP contribution in [0.5, 0.6) is 11.5 Å². The maximum absolute atomic E-state index is 6.14. The minimum absolute atomic E-state index is 0.0599. The van der Waals surface area contributed by atoms with E-state index in [1.54, 1.807) is 13.2 Å². The number of benzene rings is 2. The first-order valence-electron chi connectivity index (χ1n) is 6.52. The van der Waals surface area contributed by atoms with Gasteiger partial charge < -0.3 is 15.2 Å². The van der Waals surface area contributed by atoms with Crippen molar-refractivity contribution >= 4 is 23.2 Å². The van der Waals surface area contributed by atoms with Crippen LogP contribution in [0.25, 0.3) is 0 Å². The van der Waals surface area contributed by atoms with Crippen molar-refractivity contribution in [3.63, 3.8) is 0 Å². The van der Waals surface area contributed by atoms with Gasteiger partial charge in [0.2, 0.25) is 0 Å². The lowest BCUT2D eigenvalue weighted by Gasteiger charge is -2.14. The normalized spacial score (nSPS) is 12.0. The number of rotatable bonds is 5. The van der Waals surface area contributed by atoms with Gasteiger partial charge in [0.05, 0.1) is 17.2 Å². The zero-order chi connectivity index (χ0) is 15.4. The van der Waals surface area contributed by atoms with E-state index in [2.05, 4.69) is 0 Å². The van der Waals surface area contributed by atoms with Gasteiger partial charge in [-0.2, -0.15) is 0 Å². The van der Waals surface area contributed by atoms with Gasteiger partial charge in [-0.1, -0.05) is 41.4 Å². The summed E-state index contributed by atoms with van der Waals surface area (Å²) in [7, 11) is 1.60. The molecule has 0 unspecified atom stereocenters. The molecule has 0 spiro atoms. The van der Waals surface area contributed by atoms with Gasteiger partial charge in [-0.15, -0.1) is 0 Å². The first-order chi connectivity index (χ1) is 10.0. The summed E-state index contributed by atoms with van der Waals surface area (Å²) in [6, 6.07) is 11.0. The Balaban J connectivity index is 2.18. The quantitative estimate of drug-likeness (QED) is 0.873. The van der Waals surface area contributed by atoms with Gasteiger partial charge in [-0.05, 0) is 30.7 Å². The molecule has 3 nitrogen and oxygen atoms in total. The largest absolute Gasteiger partial charge is 0.493 e. The van der Waals surface area contributed by atoms with Crippen LogP contribution in [-0.4, -0.2) is 7.11 Å². The molecule has 0 heterocycles. The Hall–Kier alpha value is -1.42. The summed E-state index contributed by atoms with van der Waals surface area (Å²) >= 11 is 12.1. The Bertz CT molecular complexity index is 630. The average molecular weight is 326 g/mol. The summed E-state index contributed by atoms with van der Waals surface area (Å²) in [5, 5.41) is 1.02. The van der Waals surface area contributed by atoms with Gasteiger partial charge in [0, 0.05) is 11.6 Å². The summed E-state index contributed by atoms with van der Waals surface area (Å²) in [4.78, 5) is 0. The van der Waals surface area contributed by atoms with Crippen molar-refractivity contribution in [2.24, 2.45) is 5.73 Å². The number of methoxy groups -OCH3 is 1. The van der Waals surface area contributed by atoms with Crippen molar-refractivity contribution < 1.29 is 9.47 Å². The van der Waals surface area contributed by atoms with Gasteiger partial charge in [0.15, 0.2) is 11.5 Å². The Kier molecular flexibility index (Phi) is 5.34. The molecule has 0 amide bonds. The highest BCUT2D eigenvalue weighted by atomic mass is 35.5. The lowest BCUT2D eigenvalue weighted by atomic mass is 10.1. The summed E-state index contributed by atoms with van der Waals surface area (Å²) in [5.41, 5.74) is 7.67. The molecule has 2 aromatic carbocycles. The molecule has 0 aliphatic carbocycles. The Labute approximate surface area is 134 Å². The molecule has 0 saturated carbocycles. The van der Waals surface area contributed by atoms with E-state index < -0.39 is 0 Å². The molecule has 2 aromatic rings. The summed E-state index contributed by atoms with van der Waals surface area (Å²) in [6.45, 7) is 2.23. The lowest BCUT2D eigenvalue weighted by molar-refractivity contribution is 0.284. The van der Waals surface area contributed by atoms with Gasteiger partial charge in [0.25, 0.3) is 0 Å². The van der Waals surface area contributed by atoms with Crippen molar-refractivity contribution in [1.82, 2.24) is 0 Å². The van der Waals surface area contributed by atoms with Crippen molar-refractivity contribution in [1.29, 1.82) is 0 Å². The van der Waals surface area contributed by atoms with E-state index in [0.29, 0.717) is 28.2 Å². The third-order valence-electron chi connectivity index (χ3n) is 3.13. The van der Waals surface area contributed by atoms with Gasteiger partial charge in [-0.3, -0.25) is 0 Å². The Morgan fingerprint density at radius 1 is 1.14 bits per heavy atom. The molecule has 0 aromatic heterocycles. The van der Waals surface area contributed by atoms with E-state index in [4.69, 9.17) is 38.4 Å². The highest BCUT2D eigenvalue weighted by Crippen LogP contribution is 2.32. The predicted molar refractivity (Wildman–Crippen MR) is 86.4 cm³/mol. The second kappa shape index (κ2) is 7.03. The molecule has 21 heavy (non-hydrogen) atoms. The molecule has 112 valence electrons. The smallest absolute Gasteiger partial charge is 0.161 e. The molecule has 0 aliphatic heterocycles. The third kappa shape index (κ3) is 3.82. The van der Waals surface area contributed by atoms with Crippen LogP contribution in [0.4, 0.5) is 0 Å². The number of hydrogen-bond donors (Lipinski definition) is 1. The van der Waals surface area contributed by atoms with Crippen LogP contribution in [0, 0.1) is 0 Å². The first kappa shape index (κ1) is 16.0. The van der Waals surface area contributed by atoms with Crippen LogP contribution in [0.3, 0.4) is 0 Å². The third-order valence-corrected chi connectivity index (χ3v) is 3.99. The SMILES string of the molecule is COc1cc([C@@H](C)N)ccc1OCc1cccc(Cl)c1Cl. The molecule has 0 bridgehead atoms. The van der Waals surface area contributed by atoms with Crippen LogP contribution < -0.4 is 15.2 Å². The number of nitrogens with two attached hydrogens (primary N) is 1. The lowest BCUT2D eigenvalue weighted by Crippen LogP contribution is -2.06. The topological polar surface area (TPSA) is 44.5 Å². The second-order valence-electron chi connectivity index (χ2n) is 4.70. The molecule has 2 N–H and O–H groups in total. The zero-order valence-corrected chi connectivity index (χ0v) is 13.4.